The zero-order chi connectivity index (χ0) is 14.1. The molecule has 1 saturated carbocycles. The molecule has 0 unspecified atom stereocenters. The number of hydrogen-bond acceptors (Lipinski definition) is 4. The number of pyridine rings is 1. The second kappa shape index (κ2) is 5.93. The lowest BCUT2D eigenvalue weighted by atomic mass is 10.0. The highest BCUT2D eigenvalue weighted by molar-refractivity contribution is 5.38. The molecular weight excluding hydrogens is 260 g/mol. The van der Waals surface area contributed by atoms with Gasteiger partial charge < -0.3 is 4.90 Å². The summed E-state index contributed by atoms with van der Waals surface area (Å²) in [4.78, 5) is 12.3. The van der Waals surface area contributed by atoms with Gasteiger partial charge in [0.1, 0.15) is 5.82 Å². The smallest absolute Gasteiger partial charge is 0.128 e. The number of likely N-dealkylation sites (tertiary alicyclic amines) is 1. The van der Waals surface area contributed by atoms with Gasteiger partial charge in [0.2, 0.25) is 0 Å². The number of rotatable bonds is 3. The predicted molar refractivity (Wildman–Crippen MR) is 85.6 cm³/mol. The SMILES string of the molecule is c1ccc(N2CCN(C3CN(C4CCCC4)C3)CC2)nc1. The van der Waals surface area contributed by atoms with Crippen LogP contribution >= 0.6 is 0 Å². The Labute approximate surface area is 127 Å². The maximum Gasteiger partial charge on any atom is 0.128 e. The van der Waals surface area contributed by atoms with Crippen molar-refractivity contribution in [1.29, 1.82) is 0 Å². The molecule has 3 heterocycles. The van der Waals surface area contributed by atoms with Gasteiger partial charge in [0.15, 0.2) is 0 Å². The van der Waals surface area contributed by atoms with Crippen LogP contribution in [0.5, 0.6) is 0 Å². The molecule has 2 saturated heterocycles. The second-order valence-corrected chi connectivity index (χ2v) is 6.76. The van der Waals surface area contributed by atoms with Gasteiger partial charge >= 0.3 is 0 Å². The molecule has 1 aliphatic carbocycles. The minimum absolute atomic E-state index is 0.816. The van der Waals surface area contributed by atoms with Crippen molar-refractivity contribution in [3.05, 3.63) is 24.4 Å². The first-order valence-corrected chi connectivity index (χ1v) is 8.54. The minimum Gasteiger partial charge on any atom is -0.354 e. The van der Waals surface area contributed by atoms with Crippen LogP contribution in [0.4, 0.5) is 5.82 Å². The number of nitrogens with zero attached hydrogens (tertiary/aromatic N) is 4. The molecule has 0 bridgehead atoms. The lowest BCUT2D eigenvalue weighted by Crippen LogP contribution is -2.64. The summed E-state index contributed by atoms with van der Waals surface area (Å²) in [6, 6.07) is 7.93. The van der Waals surface area contributed by atoms with E-state index in [2.05, 4.69) is 31.8 Å². The Morgan fingerprint density at radius 1 is 0.857 bits per heavy atom. The molecule has 1 aromatic heterocycles. The average Bonchev–Trinajstić information content (AvgIpc) is 3.01. The molecule has 4 nitrogen and oxygen atoms in total. The topological polar surface area (TPSA) is 22.6 Å². The molecule has 0 N–H and O–H groups in total. The molecule has 114 valence electrons. The van der Waals surface area contributed by atoms with Crippen LogP contribution < -0.4 is 4.90 Å². The van der Waals surface area contributed by atoms with Gasteiger partial charge in [-0.05, 0) is 25.0 Å². The van der Waals surface area contributed by atoms with Crippen LogP contribution in [0.1, 0.15) is 25.7 Å². The van der Waals surface area contributed by atoms with Crippen LogP contribution in [-0.2, 0) is 0 Å². The van der Waals surface area contributed by atoms with Crippen molar-refractivity contribution in [2.24, 2.45) is 0 Å². The molecule has 21 heavy (non-hydrogen) atoms. The van der Waals surface area contributed by atoms with Crippen LogP contribution in [0.2, 0.25) is 0 Å². The largest absolute Gasteiger partial charge is 0.354 e. The number of piperazine rings is 1. The summed E-state index contributed by atoms with van der Waals surface area (Å²) in [5, 5.41) is 0. The molecule has 1 aromatic rings. The van der Waals surface area contributed by atoms with Crippen LogP contribution in [0.3, 0.4) is 0 Å². The average molecular weight is 286 g/mol. The van der Waals surface area contributed by atoms with Gasteiger partial charge in [0.25, 0.3) is 0 Å². The van der Waals surface area contributed by atoms with Crippen molar-refractivity contribution in [1.82, 2.24) is 14.8 Å². The lowest BCUT2D eigenvalue weighted by Gasteiger charge is -2.50. The first kappa shape index (κ1) is 13.5. The van der Waals surface area contributed by atoms with Crippen molar-refractivity contribution in [3.63, 3.8) is 0 Å². The van der Waals surface area contributed by atoms with Gasteiger partial charge in [-0.2, -0.15) is 0 Å². The minimum atomic E-state index is 0.816. The maximum atomic E-state index is 4.47. The van der Waals surface area contributed by atoms with Crippen molar-refractivity contribution in [3.8, 4) is 0 Å². The molecule has 0 spiro atoms. The Morgan fingerprint density at radius 3 is 2.29 bits per heavy atom. The third-order valence-electron chi connectivity index (χ3n) is 5.54. The third-order valence-corrected chi connectivity index (χ3v) is 5.54. The highest BCUT2D eigenvalue weighted by Gasteiger charge is 2.37. The molecule has 0 atom stereocenters. The Kier molecular flexibility index (Phi) is 3.82. The summed E-state index contributed by atoms with van der Waals surface area (Å²) >= 11 is 0. The zero-order valence-electron chi connectivity index (χ0n) is 12.8. The van der Waals surface area contributed by atoms with E-state index in [1.54, 1.807) is 0 Å². The maximum absolute atomic E-state index is 4.47. The number of aromatic nitrogens is 1. The number of anilines is 1. The van der Waals surface area contributed by atoms with Gasteiger partial charge in [-0.15, -0.1) is 0 Å². The standard InChI is InChI=1S/C17H26N4/c1-2-6-15(5-1)21-13-16(14-21)19-9-11-20(12-10-19)17-7-3-4-8-18-17/h3-4,7-8,15-16H,1-2,5-6,9-14H2. The van der Waals surface area contributed by atoms with Gasteiger partial charge in [0.05, 0.1) is 0 Å². The molecule has 4 heteroatoms. The Balaban J connectivity index is 1.25. The molecular formula is C17H26N4. The first-order chi connectivity index (χ1) is 10.4. The summed E-state index contributed by atoms with van der Waals surface area (Å²) in [5.41, 5.74) is 0. The van der Waals surface area contributed by atoms with Crippen LogP contribution in [0.15, 0.2) is 24.4 Å². The molecule has 3 aliphatic rings. The summed E-state index contributed by atoms with van der Waals surface area (Å²) in [7, 11) is 0. The molecule has 4 rings (SSSR count). The van der Waals surface area contributed by atoms with E-state index in [9.17, 15) is 0 Å². The predicted octanol–water partition coefficient (Wildman–Crippen LogP) is 1.83. The van der Waals surface area contributed by atoms with Crippen molar-refractivity contribution in [2.75, 3.05) is 44.2 Å². The van der Waals surface area contributed by atoms with E-state index in [0.29, 0.717) is 0 Å². The quantitative estimate of drug-likeness (QED) is 0.845. The van der Waals surface area contributed by atoms with Gasteiger partial charge in [-0.1, -0.05) is 18.9 Å². The monoisotopic (exact) mass is 286 g/mol. The molecule has 3 fully saturated rings. The summed E-state index contributed by atoms with van der Waals surface area (Å²) in [6.45, 7) is 7.26. The van der Waals surface area contributed by atoms with Gasteiger partial charge in [-0.3, -0.25) is 9.80 Å². The fourth-order valence-electron chi connectivity index (χ4n) is 4.14. The summed E-state index contributed by atoms with van der Waals surface area (Å²) < 4.78 is 0. The fraction of sp³-hybridized carbons (Fsp3) is 0.706. The van der Waals surface area contributed by atoms with Crippen LogP contribution in [0.25, 0.3) is 0 Å². The van der Waals surface area contributed by atoms with E-state index in [1.165, 1.54) is 51.9 Å². The normalized spacial score (nSPS) is 26.2. The van der Waals surface area contributed by atoms with E-state index in [-0.39, 0.29) is 0 Å². The van der Waals surface area contributed by atoms with Gasteiger partial charge in [0, 0.05) is 57.5 Å². The van der Waals surface area contributed by atoms with Crippen molar-refractivity contribution >= 4 is 5.82 Å². The molecule has 0 aromatic carbocycles. The van der Waals surface area contributed by atoms with Crippen molar-refractivity contribution < 1.29 is 0 Å². The Bertz CT molecular complexity index is 443. The molecule has 2 aliphatic heterocycles. The van der Waals surface area contributed by atoms with E-state index < -0.39 is 0 Å². The van der Waals surface area contributed by atoms with Crippen LogP contribution in [0, 0.1) is 0 Å². The Morgan fingerprint density at radius 2 is 1.62 bits per heavy atom. The highest BCUT2D eigenvalue weighted by Crippen LogP contribution is 2.29. The van der Waals surface area contributed by atoms with Crippen molar-refractivity contribution in [2.45, 2.75) is 37.8 Å². The van der Waals surface area contributed by atoms with E-state index in [4.69, 9.17) is 0 Å². The fourth-order valence-corrected chi connectivity index (χ4v) is 4.14. The summed E-state index contributed by atoms with van der Waals surface area (Å²) in [5.74, 6) is 1.14. The van der Waals surface area contributed by atoms with Gasteiger partial charge in [-0.25, -0.2) is 4.98 Å². The Hall–Kier alpha value is -1.13. The first-order valence-electron chi connectivity index (χ1n) is 8.54. The highest BCUT2D eigenvalue weighted by atomic mass is 15.4. The molecule has 0 radical (unpaired) electrons. The third kappa shape index (κ3) is 2.79. The van der Waals surface area contributed by atoms with Crippen LogP contribution in [-0.4, -0.2) is 66.1 Å². The van der Waals surface area contributed by atoms with E-state index in [0.717, 1.165) is 31.0 Å². The van der Waals surface area contributed by atoms with E-state index >= 15 is 0 Å². The lowest BCUT2D eigenvalue weighted by molar-refractivity contribution is 0.00389. The molecule has 0 amide bonds. The summed E-state index contributed by atoms with van der Waals surface area (Å²) in [6.07, 6.45) is 7.69. The van der Waals surface area contributed by atoms with E-state index in [1.807, 2.05) is 12.3 Å². The number of hydrogen-bond donors (Lipinski definition) is 0. The second-order valence-electron chi connectivity index (χ2n) is 6.76. The zero-order valence-corrected chi connectivity index (χ0v) is 12.8.